The van der Waals surface area contributed by atoms with Crippen molar-refractivity contribution in [2.24, 2.45) is 5.73 Å². The Labute approximate surface area is 87.3 Å². The van der Waals surface area contributed by atoms with E-state index in [1.807, 2.05) is 18.3 Å². The van der Waals surface area contributed by atoms with Gasteiger partial charge in [-0.25, -0.2) is 4.68 Å². The van der Waals surface area contributed by atoms with Crippen LogP contribution in [-0.2, 0) is 6.54 Å². The van der Waals surface area contributed by atoms with E-state index in [0.29, 0.717) is 12.1 Å². The summed E-state index contributed by atoms with van der Waals surface area (Å²) < 4.78 is 1.73. The maximum atomic E-state index is 10.5. The highest BCUT2D eigenvalue weighted by Gasteiger charge is 1.99. The van der Waals surface area contributed by atoms with Crippen LogP contribution in [0.3, 0.4) is 0 Å². The van der Waals surface area contributed by atoms with Crippen molar-refractivity contribution in [1.82, 2.24) is 9.78 Å². The molecule has 0 amide bonds. The average molecular weight is 201 g/mol. The molecule has 1 aromatic heterocycles. The fourth-order valence-electron chi connectivity index (χ4n) is 1.31. The van der Waals surface area contributed by atoms with Crippen LogP contribution in [0.4, 0.5) is 0 Å². The summed E-state index contributed by atoms with van der Waals surface area (Å²) in [5, 5.41) is 4.16. The lowest BCUT2D eigenvalue weighted by molar-refractivity contribution is 0.112. The molecular weight excluding hydrogens is 190 g/mol. The highest BCUT2D eigenvalue weighted by atomic mass is 16.1. The molecule has 0 aliphatic carbocycles. The molecule has 2 rings (SSSR count). The van der Waals surface area contributed by atoms with Gasteiger partial charge in [-0.2, -0.15) is 5.10 Å². The molecule has 0 saturated carbocycles. The molecular formula is C11H11N3O. The maximum Gasteiger partial charge on any atom is 0.150 e. The molecule has 0 fully saturated rings. The van der Waals surface area contributed by atoms with Gasteiger partial charge < -0.3 is 5.73 Å². The molecule has 1 heterocycles. The first-order valence-corrected chi connectivity index (χ1v) is 4.62. The third kappa shape index (κ3) is 1.94. The van der Waals surface area contributed by atoms with Crippen molar-refractivity contribution in [3.05, 3.63) is 47.8 Å². The van der Waals surface area contributed by atoms with Crippen LogP contribution in [0.1, 0.15) is 15.9 Å². The molecule has 0 unspecified atom stereocenters. The second-order valence-corrected chi connectivity index (χ2v) is 3.21. The first kappa shape index (κ1) is 9.61. The Morgan fingerprint density at radius 2 is 2.07 bits per heavy atom. The second kappa shape index (κ2) is 4.06. The Morgan fingerprint density at radius 1 is 1.33 bits per heavy atom. The fraction of sp³-hybridized carbons (Fsp3) is 0.0909. The molecule has 0 aliphatic rings. The third-order valence-electron chi connectivity index (χ3n) is 2.17. The van der Waals surface area contributed by atoms with Gasteiger partial charge in [-0.1, -0.05) is 0 Å². The van der Waals surface area contributed by atoms with E-state index < -0.39 is 0 Å². The van der Waals surface area contributed by atoms with Crippen molar-refractivity contribution in [2.45, 2.75) is 6.54 Å². The Bertz CT molecular complexity index is 459. The van der Waals surface area contributed by atoms with Gasteiger partial charge in [-0.15, -0.1) is 0 Å². The average Bonchev–Trinajstić information content (AvgIpc) is 2.78. The number of nitrogens with zero attached hydrogens (tertiary/aromatic N) is 2. The number of aldehydes is 1. The molecule has 76 valence electrons. The van der Waals surface area contributed by atoms with Crippen LogP contribution in [0, 0.1) is 0 Å². The normalized spacial score (nSPS) is 10.2. The summed E-state index contributed by atoms with van der Waals surface area (Å²) in [6, 6.07) is 7.20. The van der Waals surface area contributed by atoms with Crippen molar-refractivity contribution in [3.8, 4) is 5.69 Å². The van der Waals surface area contributed by atoms with Gasteiger partial charge in [0.05, 0.1) is 11.9 Å². The molecule has 0 saturated heterocycles. The standard InChI is InChI=1S/C11H11N3O/c12-5-10-6-13-14(7-10)11-3-1-9(8-15)2-4-11/h1-4,6-8H,5,12H2. The zero-order valence-corrected chi connectivity index (χ0v) is 8.13. The number of hydrogen-bond acceptors (Lipinski definition) is 3. The topological polar surface area (TPSA) is 60.9 Å². The molecule has 0 radical (unpaired) electrons. The number of hydrogen-bond donors (Lipinski definition) is 1. The second-order valence-electron chi connectivity index (χ2n) is 3.21. The van der Waals surface area contributed by atoms with Gasteiger partial charge in [0.15, 0.2) is 0 Å². The molecule has 4 heteroatoms. The van der Waals surface area contributed by atoms with Gasteiger partial charge >= 0.3 is 0 Å². The SMILES string of the molecule is NCc1cnn(-c2ccc(C=O)cc2)c1. The van der Waals surface area contributed by atoms with Crippen molar-refractivity contribution in [1.29, 1.82) is 0 Å². The zero-order chi connectivity index (χ0) is 10.7. The Morgan fingerprint density at radius 3 is 2.60 bits per heavy atom. The monoisotopic (exact) mass is 201 g/mol. The molecule has 2 N–H and O–H groups in total. The lowest BCUT2D eigenvalue weighted by Gasteiger charge is -2.00. The first-order valence-electron chi connectivity index (χ1n) is 4.62. The predicted molar refractivity (Wildman–Crippen MR) is 56.8 cm³/mol. The minimum atomic E-state index is 0.479. The van der Waals surface area contributed by atoms with Crippen molar-refractivity contribution >= 4 is 6.29 Å². The van der Waals surface area contributed by atoms with Crippen LogP contribution >= 0.6 is 0 Å². The summed E-state index contributed by atoms with van der Waals surface area (Å²) in [6.07, 6.45) is 4.42. The van der Waals surface area contributed by atoms with Crippen LogP contribution in [0.2, 0.25) is 0 Å². The van der Waals surface area contributed by atoms with E-state index in [1.165, 1.54) is 0 Å². The van der Waals surface area contributed by atoms with Gasteiger partial charge in [-0.3, -0.25) is 4.79 Å². The number of carbonyl (C=O) groups is 1. The van der Waals surface area contributed by atoms with Gasteiger partial charge in [0.2, 0.25) is 0 Å². The highest BCUT2D eigenvalue weighted by Crippen LogP contribution is 2.08. The summed E-state index contributed by atoms with van der Waals surface area (Å²) in [7, 11) is 0. The summed E-state index contributed by atoms with van der Waals surface area (Å²) in [4.78, 5) is 10.5. The summed E-state index contributed by atoms with van der Waals surface area (Å²) in [5.74, 6) is 0. The maximum absolute atomic E-state index is 10.5. The van der Waals surface area contributed by atoms with Gasteiger partial charge in [-0.05, 0) is 24.3 Å². The van der Waals surface area contributed by atoms with Crippen LogP contribution in [0.25, 0.3) is 5.69 Å². The Balaban J connectivity index is 2.32. The van der Waals surface area contributed by atoms with Crippen molar-refractivity contribution < 1.29 is 4.79 Å². The quantitative estimate of drug-likeness (QED) is 0.757. The van der Waals surface area contributed by atoms with E-state index >= 15 is 0 Å². The molecule has 0 atom stereocenters. The van der Waals surface area contributed by atoms with Crippen LogP contribution < -0.4 is 5.73 Å². The summed E-state index contributed by atoms with van der Waals surface area (Å²) >= 11 is 0. The van der Waals surface area contributed by atoms with Crippen LogP contribution in [0.5, 0.6) is 0 Å². The Kier molecular flexibility index (Phi) is 2.60. The van der Waals surface area contributed by atoms with Crippen LogP contribution in [0.15, 0.2) is 36.7 Å². The smallest absolute Gasteiger partial charge is 0.150 e. The number of rotatable bonds is 3. The van der Waals surface area contributed by atoms with E-state index in [-0.39, 0.29) is 0 Å². The molecule has 15 heavy (non-hydrogen) atoms. The first-order chi connectivity index (χ1) is 7.33. The Hall–Kier alpha value is -1.94. The molecule has 4 nitrogen and oxygen atoms in total. The molecule has 0 bridgehead atoms. The van der Waals surface area contributed by atoms with E-state index in [4.69, 9.17) is 5.73 Å². The number of benzene rings is 1. The van der Waals surface area contributed by atoms with Gasteiger partial charge in [0.25, 0.3) is 0 Å². The van der Waals surface area contributed by atoms with Crippen molar-refractivity contribution in [2.75, 3.05) is 0 Å². The van der Waals surface area contributed by atoms with E-state index in [0.717, 1.165) is 17.5 Å². The predicted octanol–water partition coefficient (Wildman–Crippen LogP) is 1.14. The highest BCUT2D eigenvalue weighted by molar-refractivity contribution is 5.75. The number of aromatic nitrogens is 2. The van der Waals surface area contributed by atoms with Gasteiger partial charge in [0, 0.05) is 23.9 Å². The number of nitrogens with two attached hydrogens (primary N) is 1. The molecule has 1 aromatic carbocycles. The molecule has 2 aromatic rings. The zero-order valence-electron chi connectivity index (χ0n) is 8.13. The van der Waals surface area contributed by atoms with E-state index in [2.05, 4.69) is 5.10 Å². The summed E-state index contributed by atoms with van der Waals surface area (Å²) in [6.45, 7) is 0.479. The van der Waals surface area contributed by atoms with E-state index in [1.54, 1.807) is 23.0 Å². The van der Waals surface area contributed by atoms with Crippen LogP contribution in [-0.4, -0.2) is 16.1 Å². The minimum absolute atomic E-state index is 0.479. The van der Waals surface area contributed by atoms with Crippen molar-refractivity contribution in [3.63, 3.8) is 0 Å². The fourth-order valence-corrected chi connectivity index (χ4v) is 1.31. The number of carbonyl (C=O) groups excluding carboxylic acids is 1. The molecule has 0 aliphatic heterocycles. The van der Waals surface area contributed by atoms with Gasteiger partial charge in [0.1, 0.15) is 6.29 Å². The lowest BCUT2D eigenvalue weighted by atomic mass is 10.2. The lowest BCUT2D eigenvalue weighted by Crippen LogP contribution is -1.95. The largest absolute Gasteiger partial charge is 0.326 e. The third-order valence-corrected chi connectivity index (χ3v) is 2.17. The summed E-state index contributed by atoms with van der Waals surface area (Å²) in [5.41, 5.74) is 8.04. The minimum Gasteiger partial charge on any atom is -0.326 e. The molecule has 0 spiro atoms. The van der Waals surface area contributed by atoms with E-state index in [9.17, 15) is 4.79 Å².